The van der Waals surface area contributed by atoms with Crippen molar-refractivity contribution in [2.24, 2.45) is 0 Å². The third-order valence-electron chi connectivity index (χ3n) is 2.19. The number of Topliss-reactive ketones (excluding diaryl/α,β-unsaturated/α-hetero) is 1. The number of rotatable bonds is 4. The van der Waals surface area contributed by atoms with Crippen LogP contribution in [0.15, 0.2) is 42.7 Å². The van der Waals surface area contributed by atoms with Crippen LogP contribution in [0.5, 0.6) is 5.75 Å². The molecular formula is C13H12N2O2. The average Bonchev–Trinajstić information content (AvgIpc) is 2.38. The molecule has 0 aliphatic carbocycles. The van der Waals surface area contributed by atoms with E-state index in [0.29, 0.717) is 12.4 Å². The fourth-order valence-electron chi connectivity index (χ4n) is 1.31. The van der Waals surface area contributed by atoms with Crippen molar-refractivity contribution < 1.29 is 9.53 Å². The van der Waals surface area contributed by atoms with Gasteiger partial charge in [-0.3, -0.25) is 4.79 Å². The van der Waals surface area contributed by atoms with Crippen LogP contribution >= 0.6 is 0 Å². The first-order chi connectivity index (χ1) is 8.25. The molecule has 0 saturated carbocycles. The maximum atomic E-state index is 11.0. The van der Waals surface area contributed by atoms with Crippen LogP contribution in [0.2, 0.25) is 0 Å². The monoisotopic (exact) mass is 228 g/mol. The van der Waals surface area contributed by atoms with Crippen molar-refractivity contribution in [3.8, 4) is 5.75 Å². The van der Waals surface area contributed by atoms with Gasteiger partial charge in [-0.2, -0.15) is 0 Å². The highest BCUT2D eigenvalue weighted by Gasteiger charge is 2.02. The summed E-state index contributed by atoms with van der Waals surface area (Å²) >= 11 is 0. The Morgan fingerprint density at radius 3 is 2.41 bits per heavy atom. The topological polar surface area (TPSA) is 52.1 Å². The van der Waals surface area contributed by atoms with Crippen LogP contribution in [0.1, 0.15) is 23.1 Å². The van der Waals surface area contributed by atoms with Gasteiger partial charge in [0.15, 0.2) is 17.4 Å². The largest absolute Gasteiger partial charge is 0.486 e. The Kier molecular flexibility index (Phi) is 3.45. The third kappa shape index (κ3) is 3.11. The molecular weight excluding hydrogens is 216 g/mol. The van der Waals surface area contributed by atoms with Crippen LogP contribution in [0, 0.1) is 0 Å². The SMILES string of the molecule is CC(=O)c1ncc(OCc2ccccc2)cn1. The molecule has 0 bridgehead atoms. The minimum Gasteiger partial charge on any atom is -0.486 e. The Labute approximate surface area is 99.3 Å². The molecule has 0 N–H and O–H groups in total. The van der Waals surface area contributed by atoms with Crippen LogP contribution in [-0.2, 0) is 6.61 Å². The number of hydrogen-bond donors (Lipinski definition) is 0. The lowest BCUT2D eigenvalue weighted by molar-refractivity contribution is 0.100. The molecule has 0 atom stereocenters. The Hall–Kier alpha value is -2.23. The molecule has 4 nitrogen and oxygen atoms in total. The van der Waals surface area contributed by atoms with E-state index in [4.69, 9.17) is 4.74 Å². The minimum atomic E-state index is -0.153. The highest BCUT2D eigenvalue weighted by Crippen LogP contribution is 2.09. The Balaban J connectivity index is 1.98. The van der Waals surface area contributed by atoms with Gasteiger partial charge in [0, 0.05) is 6.92 Å². The van der Waals surface area contributed by atoms with Crippen LogP contribution in [0.3, 0.4) is 0 Å². The van der Waals surface area contributed by atoms with E-state index in [0.717, 1.165) is 5.56 Å². The minimum absolute atomic E-state index is 0.153. The number of nitrogens with zero attached hydrogens (tertiary/aromatic N) is 2. The van der Waals surface area contributed by atoms with Crippen molar-refractivity contribution in [1.29, 1.82) is 0 Å². The van der Waals surface area contributed by atoms with E-state index in [1.165, 1.54) is 19.3 Å². The molecule has 0 aliphatic heterocycles. The summed E-state index contributed by atoms with van der Waals surface area (Å²) in [7, 11) is 0. The zero-order chi connectivity index (χ0) is 12.1. The molecule has 1 aromatic carbocycles. The standard InChI is InChI=1S/C13H12N2O2/c1-10(16)13-14-7-12(8-15-13)17-9-11-5-3-2-4-6-11/h2-8H,9H2,1H3. The number of hydrogen-bond acceptors (Lipinski definition) is 4. The van der Waals surface area contributed by atoms with Crippen LogP contribution in [-0.4, -0.2) is 15.8 Å². The van der Waals surface area contributed by atoms with Crippen LogP contribution < -0.4 is 4.74 Å². The summed E-state index contributed by atoms with van der Waals surface area (Å²) < 4.78 is 5.49. The molecule has 0 fully saturated rings. The molecule has 2 aromatic rings. The van der Waals surface area contributed by atoms with E-state index in [9.17, 15) is 4.79 Å². The van der Waals surface area contributed by atoms with Gasteiger partial charge < -0.3 is 4.74 Å². The maximum Gasteiger partial charge on any atom is 0.196 e. The van der Waals surface area contributed by atoms with Gasteiger partial charge in [-0.15, -0.1) is 0 Å². The summed E-state index contributed by atoms with van der Waals surface area (Å²) in [5.41, 5.74) is 1.07. The molecule has 0 spiro atoms. The molecule has 2 rings (SSSR count). The van der Waals surface area contributed by atoms with Crippen molar-refractivity contribution in [1.82, 2.24) is 9.97 Å². The number of carbonyl (C=O) groups is 1. The van der Waals surface area contributed by atoms with Crippen molar-refractivity contribution in [2.75, 3.05) is 0 Å². The second kappa shape index (κ2) is 5.21. The summed E-state index contributed by atoms with van der Waals surface area (Å²) in [5, 5.41) is 0. The quantitative estimate of drug-likeness (QED) is 0.753. The lowest BCUT2D eigenvalue weighted by atomic mass is 10.2. The van der Waals surface area contributed by atoms with E-state index in [2.05, 4.69) is 9.97 Å². The second-order valence-electron chi connectivity index (χ2n) is 3.57. The first-order valence-corrected chi connectivity index (χ1v) is 5.25. The first-order valence-electron chi connectivity index (χ1n) is 5.25. The number of ether oxygens (including phenoxy) is 1. The molecule has 1 aromatic heterocycles. The second-order valence-corrected chi connectivity index (χ2v) is 3.57. The summed E-state index contributed by atoms with van der Waals surface area (Å²) in [5.74, 6) is 0.607. The Bertz CT molecular complexity index is 495. The molecule has 4 heteroatoms. The van der Waals surface area contributed by atoms with Crippen molar-refractivity contribution in [3.63, 3.8) is 0 Å². The van der Waals surface area contributed by atoms with Crippen LogP contribution in [0.4, 0.5) is 0 Å². The van der Waals surface area contributed by atoms with Gasteiger partial charge in [-0.1, -0.05) is 30.3 Å². The van der Waals surface area contributed by atoms with Crippen molar-refractivity contribution >= 4 is 5.78 Å². The summed E-state index contributed by atoms with van der Waals surface area (Å²) in [4.78, 5) is 18.8. The highest BCUT2D eigenvalue weighted by molar-refractivity contribution is 5.90. The number of benzene rings is 1. The fourth-order valence-corrected chi connectivity index (χ4v) is 1.31. The fraction of sp³-hybridized carbons (Fsp3) is 0.154. The van der Waals surface area contributed by atoms with Crippen LogP contribution in [0.25, 0.3) is 0 Å². The van der Waals surface area contributed by atoms with E-state index in [1.54, 1.807) is 0 Å². The number of carbonyl (C=O) groups excluding carboxylic acids is 1. The van der Waals surface area contributed by atoms with Gasteiger partial charge in [-0.05, 0) is 5.56 Å². The molecule has 1 heterocycles. The van der Waals surface area contributed by atoms with Crippen molar-refractivity contribution in [3.05, 3.63) is 54.1 Å². The maximum absolute atomic E-state index is 11.0. The van der Waals surface area contributed by atoms with Gasteiger partial charge in [0.1, 0.15) is 6.61 Å². The molecule has 0 saturated heterocycles. The third-order valence-corrected chi connectivity index (χ3v) is 2.19. The van der Waals surface area contributed by atoms with Gasteiger partial charge in [-0.25, -0.2) is 9.97 Å². The van der Waals surface area contributed by atoms with Gasteiger partial charge in [0.05, 0.1) is 12.4 Å². The zero-order valence-electron chi connectivity index (χ0n) is 9.46. The van der Waals surface area contributed by atoms with E-state index < -0.39 is 0 Å². The van der Waals surface area contributed by atoms with Gasteiger partial charge in [0.2, 0.25) is 0 Å². The number of aromatic nitrogens is 2. The molecule has 0 aliphatic rings. The summed E-state index contributed by atoms with van der Waals surface area (Å²) in [6, 6.07) is 9.81. The molecule has 0 amide bonds. The average molecular weight is 228 g/mol. The Morgan fingerprint density at radius 2 is 1.82 bits per heavy atom. The lowest BCUT2D eigenvalue weighted by Crippen LogP contribution is -2.02. The molecule has 86 valence electrons. The molecule has 0 unspecified atom stereocenters. The molecule has 17 heavy (non-hydrogen) atoms. The smallest absolute Gasteiger partial charge is 0.196 e. The van der Waals surface area contributed by atoms with Crippen molar-refractivity contribution in [2.45, 2.75) is 13.5 Å². The summed E-state index contributed by atoms with van der Waals surface area (Å²) in [6.45, 7) is 1.89. The highest BCUT2D eigenvalue weighted by atomic mass is 16.5. The lowest BCUT2D eigenvalue weighted by Gasteiger charge is -2.05. The van der Waals surface area contributed by atoms with Gasteiger partial charge >= 0.3 is 0 Å². The summed E-state index contributed by atoms with van der Waals surface area (Å²) in [6.07, 6.45) is 3.01. The normalized spacial score (nSPS) is 9.94. The van der Waals surface area contributed by atoms with E-state index in [1.807, 2.05) is 30.3 Å². The first kappa shape index (κ1) is 11.3. The van der Waals surface area contributed by atoms with E-state index in [-0.39, 0.29) is 11.6 Å². The zero-order valence-corrected chi connectivity index (χ0v) is 9.46. The van der Waals surface area contributed by atoms with Gasteiger partial charge in [0.25, 0.3) is 0 Å². The Morgan fingerprint density at radius 1 is 1.18 bits per heavy atom. The predicted molar refractivity (Wildman–Crippen MR) is 62.8 cm³/mol. The molecule has 0 radical (unpaired) electrons. The predicted octanol–water partition coefficient (Wildman–Crippen LogP) is 2.26. The number of ketones is 1. The van der Waals surface area contributed by atoms with E-state index >= 15 is 0 Å².